The topological polar surface area (TPSA) is 187 Å². The number of carbonyl (C=O) groups is 5. The number of nitrogens with one attached hydrogen (secondary N) is 2. The van der Waals surface area contributed by atoms with Gasteiger partial charge in [0, 0.05) is 50.6 Å². The molecular weight excluding hydrogens is 646 g/mol. The molecule has 2 aliphatic rings. The Labute approximate surface area is 287 Å². The number of carboxylic acids is 1. The number of rotatable bonds is 11. The number of imidazole rings is 1. The summed E-state index contributed by atoms with van der Waals surface area (Å²) in [6.07, 6.45) is 0.609. The lowest BCUT2D eigenvalue weighted by atomic mass is 10.1. The molecule has 15 heteroatoms. The first kappa shape index (κ1) is 34.1. The average Bonchev–Trinajstić information content (AvgIpc) is 3.80. The van der Waals surface area contributed by atoms with Crippen LogP contribution < -0.4 is 10.1 Å². The number of carboxylic acid groups (broad SMARTS) is 1. The van der Waals surface area contributed by atoms with E-state index in [4.69, 9.17) is 14.5 Å². The van der Waals surface area contributed by atoms with Gasteiger partial charge in [-0.25, -0.2) is 14.8 Å². The molecule has 3 N–H and O–H groups in total. The number of fused-ring (bicyclic) bond motifs is 2. The number of likely N-dealkylation sites (tertiary alicyclic amines) is 1. The van der Waals surface area contributed by atoms with Crippen LogP contribution in [0.3, 0.4) is 0 Å². The maximum Gasteiger partial charge on any atom is 0.409 e. The Morgan fingerprint density at radius 2 is 1.68 bits per heavy atom. The van der Waals surface area contributed by atoms with Gasteiger partial charge in [-0.1, -0.05) is 24.3 Å². The van der Waals surface area contributed by atoms with Crippen molar-refractivity contribution in [2.75, 3.05) is 45.9 Å². The van der Waals surface area contributed by atoms with Crippen molar-refractivity contribution in [3.8, 4) is 5.75 Å². The quantitative estimate of drug-likeness (QED) is 0.212. The summed E-state index contributed by atoms with van der Waals surface area (Å²) in [4.78, 5) is 81.4. The third-order valence-electron chi connectivity index (χ3n) is 8.93. The van der Waals surface area contributed by atoms with Gasteiger partial charge in [0.2, 0.25) is 5.91 Å². The van der Waals surface area contributed by atoms with Gasteiger partial charge in [0.15, 0.2) is 6.61 Å². The summed E-state index contributed by atoms with van der Waals surface area (Å²) in [7, 11) is 0. The van der Waals surface area contributed by atoms with Crippen LogP contribution in [-0.4, -0.2) is 117 Å². The summed E-state index contributed by atoms with van der Waals surface area (Å²) in [6.45, 7) is 3.09. The van der Waals surface area contributed by atoms with Crippen LogP contribution in [0.25, 0.3) is 21.9 Å². The molecule has 2 fully saturated rings. The second-order valence-corrected chi connectivity index (χ2v) is 12.2. The molecule has 4 aromatic rings. The van der Waals surface area contributed by atoms with Gasteiger partial charge in [-0.15, -0.1) is 0 Å². The van der Waals surface area contributed by atoms with Crippen molar-refractivity contribution in [1.82, 2.24) is 35.0 Å². The zero-order valence-corrected chi connectivity index (χ0v) is 27.7. The smallest absolute Gasteiger partial charge is 0.409 e. The standard InChI is InChI=1S/C35H39N7O8/c1-2-49-35(48)41-18-16-40(17-19-41)34(47)26(13-14-31(44)45)39-33(46)27-20-29(22-8-3-4-9-23(22)36-27)50-21-30(43)42-15-7-12-28(42)32-37-24-10-5-6-11-25(24)38-32/h3-6,8-11,20,26,28H,2,7,12-19,21H2,1H3,(H,37,38)(H,39,46)(H,44,45)/t26-,28?/m0/s1. The number of aliphatic carboxylic acids is 1. The summed E-state index contributed by atoms with van der Waals surface area (Å²) in [5.74, 6) is -1.53. The molecular formula is C35H39N7O8. The molecule has 0 aliphatic carbocycles. The number of amides is 4. The van der Waals surface area contributed by atoms with Crippen LogP contribution in [-0.2, 0) is 19.1 Å². The Hall–Kier alpha value is -5.73. The molecule has 0 radical (unpaired) electrons. The summed E-state index contributed by atoms with van der Waals surface area (Å²) in [6, 6.07) is 14.8. The normalized spacial score (nSPS) is 16.7. The lowest BCUT2D eigenvalue weighted by molar-refractivity contribution is -0.138. The van der Waals surface area contributed by atoms with Crippen LogP contribution in [0, 0.1) is 0 Å². The molecule has 0 bridgehead atoms. The molecule has 1 unspecified atom stereocenters. The van der Waals surface area contributed by atoms with E-state index in [0.717, 1.165) is 29.7 Å². The molecule has 0 spiro atoms. The fourth-order valence-corrected chi connectivity index (χ4v) is 6.38. The van der Waals surface area contributed by atoms with Crippen LogP contribution in [0.15, 0.2) is 54.6 Å². The van der Waals surface area contributed by atoms with Crippen LogP contribution in [0.5, 0.6) is 5.75 Å². The number of aromatic amines is 1. The van der Waals surface area contributed by atoms with E-state index in [1.165, 1.54) is 15.9 Å². The second-order valence-electron chi connectivity index (χ2n) is 12.2. The summed E-state index contributed by atoms with van der Waals surface area (Å²) in [5, 5.41) is 12.6. The summed E-state index contributed by atoms with van der Waals surface area (Å²) in [5.41, 5.74) is 2.10. The first-order valence-corrected chi connectivity index (χ1v) is 16.7. The van der Waals surface area contributed by atoms with Crippen molar-refractivity contribution in [3.63, 3.8) is 0 Å². The molecule has 2 atom stereocenters. The Bertz CT molecular complexity index is 1870. The summed E-state index contributed by atoms with van der Waals surface area (Å²) < 4.78 is 11.1. The Kier molecular flexibility index (Phi) is 10.4. The maximum atomic E-state index is 13.6. The highest BCUT2D eigenvalue weighted by molar-refractivity contribution is 5.99. The molecule has 2 saturated heterocycles. The van der Waals surface area contributed by atoms with Crippen LogP contribution in [0.4, 0.5) is 4.79 Å². The molecule has 2 aromatic heterocycles. The van der Waals surface area contributed by atoms with E-state index in [-0.39, 0.29) is 75.6 Å². The lowest BCUT2D eigenvalue weighted by Crippen LogP contribution is -2.56. The number of hydrogen-bond acceptors (Lipinski definition) is 9. The van der Waals surface area contributed by atoms with E-state index >= 15 is 0 Å². The SMILES string of the molecule is CCOC(=O)N1CCN(C(=O)[C@H](CCC(=O)O)NC(=O)c2cc(OCC(=O)N3CCCC3c3nc4ccccc4[nH]3)c3ccccc3n2)CC1. The predicted octanol–water partition coefficient (Wildman–Crippen LogP) is 3.12. The Morgan fingerprint density at radius 3 is 2.42 bits per heavy atom. The van der Waals surface area contributed by atoms with Gasteiger partial charge in [0.05, 0.1) is 29.2 Å². The number of benzene rings is 2. The minimum atomic E-state index is -1.16. The minimum absolute atomic E-state index is 0.0623. The minimum Gasteiger partial charge on any atom is -0.483 e. The van der Waals surface area contributed by atoms with Crippen molar-refractivity contribution >= 4 is 51.7 Å². The van der Waals surface area contributed by atoms with Crippen LogP contribution in [0.1, 0.15) is 55.0 Å². The number of nitrogens with zero attached hydrogens (tertiary/aromatic N) is 5. The van der Waals surface area contributed by atoms with Gasteiger partial charge in [0.25, 0.3) is 11.8 Å². The van der Waals surface area contributed by atoms with Crippen molar-refractivity contribution in [2.24, 2.45) is 0 Å². The van der Waals surface area contributed by atoms with Crippen molar-refractivity contribution in [2.45, 2.75) is 44.7 Å². The first-order chi connectivity index (χ1) is 24.2. The van der Waals surface area contributed by atoms with E-state index in [0.29, 0.717) is 17.4 Å². The fraction of sp³-hybridized carbons (Fsp3) is 0.400. The van der Waals surface area contributed by atoms with E-state index in [1.807, 2.05) is 24.3 Å². The number of hydrogen-bond donors (Lipinski definition) is 3. The van der Waals surface area contributed by atoms with Gasteiger partial charge < -0.3 is 39.6 Å². The highest BCUT2D eigenvalue weighted by Crippen LogP contribution is 2.32. The molecule has 2 aliphatic heterocycles. The number of pyridine rings is 1. The number of para-hydroxylation sites is 3. The monoisotopic (exact) mass is 685 g/mol. The van der Waals surface area contributed by atoms with Crippen molar-refractivity contribution < 1.29 is 38.6 Å². The van der Waals surface area contributed by atoms with Gasteiger partial charge >= 0.3 is 12.1 Å². The predicted molar refractivity (Wildman–Crippen MR) is 180 cm³/mol. The molecule has 6 rings (SSSR count). The fourth-order valence-electron chi connectivity index (χ4n) is 6.38. The van der Waals surface area contributed by atoms with Gasteiger partial charge in [-0.2, -0.15) is 0 Å². The Morgan fingerprint density at radius 1 is 0.960 bits per heavy atom. The molecule has 50 heavy (non-hydrogen) atoms. The van der Waals surface area contributed by atoms with E-state index in [1.54, 1.807) is 36.1 Å². The Balaban J connectivity index is 1.16. The molecule has 4 heterocycles. The third kappa shape index (κ3) is 7.61. The first-order valence-electron chi connectivity index (χ1n) is 16.7. The number of ether oxygens (including phenoxy) is 2. The molecule has 4 amide bonds. The number of aromatic nitrogens is 3. The average molecular weight is 686 g/mol. The van der Waals surface area contributed by atoms with E-state index in [9.17, 15) is 29.1 Å². The van der Waals surface area contributed by atoms with E-state index < -0.39 is 29.9 Å². The third-order valence-corrected chi connectivity index (χ3v) is 8.93. The zero-order valence-electron chi connectivity index (χ0n) is 27.7. The van der Waals surface area contributed by atoms with Gasteiger partial charge in [-0.05, 0) is 50.5 Å². The molecule has 262 valence electrons. The molecule has 2 aromatic carbocycles. The van der Waals surface area contributed by atoms with Gasteiger partial charge in [-0.3, -0.25) is 19.2 Å². The van der Waals surface area contributed by atoms with Crippen LogP contribution in [0.2, 0.25) is 0 Å². The maximum absolute atomic E-state index is 13.6. The zero-order chi connectivity index (χ0) is 35.2. The number of piperazine rings is 1. The molecule has 15 nitrogen and oxygen atoms in total. The van der Waals surface area contributed by atoms with Crippen molar-refractivity contribution in [1.29, 1.82) is 0 Å². The van der Waals surface area contributed by atoms with Crippen molar-refractivity contribution in [3.05, 3.63) is 66.1 Å². The lowest BCUT2D eigenvalue weighted by Gasteiger charge is -2.35. The molecule has 0 saturated carbocycles. The van der Waals surface area contributed by atoms with Gasteiger partial charge in [0.1, 0.15) is 23.3 Å². The van der Waals surface area contributed by atoms with Crippen LogP contribution >= 0.6 is 0 Å². The largest absolute Gasteiger partial charge is 0.483 e. The van der Waals surface area contributed by atoms with E-state index in [2.05, 4.69) is 15.3 Å². The number of carbonyl (C=O) groups excluding carboxylic acids is 4. The summed E-state index contributed by atoms with van der Waals surface area (Å²) >= 11 is 0. The highest BCUT2D eigenvalue weighted by Gasteiger charge is 2.33. The second kappa shape index (κ2) is 15.2. The number of H-pyrrole nitrogens is 1. The highest BCUT2D eigenvalue weighted by atomic mass is 16.6.